The molecule has 0 radical (unpaired) electrons. The molecule has 30 heavy (non-hydrogen) atoms. The van der Waals surface area contributed by atoms with Crippen molar-refractivity contribution in [2.24, 2.45) is 5.73 Å². The fraction of sp³-hybridized carbons (Fsp3) is 0.450. The van der Waals surface area contributed by atoms with Crippen molar-refractivity contribution in [1.82, 2.24) is 10.2 Å². The number of urea groups is 1. The molecule has 160 valence electrons. The van der Waals surface area contributed by atoms with Gasteiger partial charge in [0.2, 0.25) is 5.91 Å². The number of imide groups is 1. The highest BCUT2D eigenvalue weighted by molar-refractivity contribution is 6.07. The van der Waals surface area contributed by atoms with Crippen LogP contribution >= 0.6 is 0 Å². The second kappa shape index (κ2) is 8.52. The number of ether oxygens (including phenoxy) is 1. The Bertz CT molecular complexity index is 876. The van der Waals surface area contributed by atoms with E-state index in [-0.39, 0.29) is 18.9 Å². The zero-order chi connectivity index (χ0) is 21.9. The summed E-state index contributed by atoms with van der Waals surface area (Å²) in [5.74, 6) is -2.15. The van der Waals surface area contributed by atoms with Gasteiger partial charge in [0.05, 0.1) is 6.42 Å². The number of carbonyl (C=O) groups excluding carboxylic acids is 5. The van der Waals surface area contributed by atoms with E-state index in [1.165, 1.54) is 31.2 Å². The van der Waals surface area contributed by atoms with E-state index in [0.717, 1.165) is 17.7 Å². The molecule has 10 nitrogen and oxygen atoms in total. The summed E-state index contributed by atoms with van der Waals surface area (Å²) in [6.45, 7) is 1.31. The van der Waals surface area contributed by atoms with Gasteiger partial charge in [-0.25, -0.2) is 4.79 Å². The number of nitrogens with two attached hydrogens (primary N) is 1. The molecule has 1 aromatic rings. The summed E-state index contributed by atoms with van der Waals surface area (Å²) in [6.07, 6.45) is 1.67. The first-order chi connectivity index (χ1) is 14.2. The Morgan fingerprint density at radius 1 is 1.20 bits per heavy atom. The molecule has 0 unspecified atom stereocenters. The smallest absolute Gasteiger partial charge is 0.325 e. The van der Waals surface area contributed by atoms with Crippen LogP contribution in [0.1, 0.15) is 49.4 Å². The van der Waals surface area contributed by atoms with Crippen molar-refractivity contribution in [3.8, 4) is 0 Å². The number of primary amides is 1. The summed E-state index contributed by atoms with van der Waals surface area (Å²) in [5, 5.41) is 5.30. The Hall–Kier alpha value is -3.43. The highest BCUT2D eigenvalue weighted by atomic mass is 16.5. The molecule has 4 N–H and O–H groups in total. The van der Waals surface area contributed by atoms with Gasteiger partial charge in [-0.3, -0.25) is 24.1 Å². The standard InChI is InChI=1S/C20H24N4O6/c1-12(17(27)22-14-6-4-13(5-7-14)16(21)26)30-15(25)8-11-24-18(28)20(23-19(24)29)9-2-3-10-20/h4-7,12H,2-3,8-11H2,1H3,(H2,21,26)(H,22,27)(H,23,29)/t12-/m0/s1. The highest BCUT2D eigenvalue weighted by Crippen LogP contribution is 2.35. The first-order valence-electron chi connectivity index (χ1n) is 9.76. The van der Waals surface area contributed by atoms with E-state index in [1.54, 1.807) is 0 Å². The van der Waals surface area contributed by atoms with E-state index in [9.17, 15) is 24.0 Å². The van der Waals surface area contributed by atoms with Gasteiger partial charge in [-0.15, -0.1) is 0 Å². The van der Waals surface area contributed by atoms with Gasteiger partial charge in [-0.05, 0) is 44.0 Å². The molecule has 1 aliphatic heterocycles. The van der Waals surface area contributed by atoms with Crippen LogP contribution < -0.4 is 16.4 Å². The summed E-state index contributed by atoms with van der Waals surface area (Å²) < 4.78 is 5.10. The minimum absolute atomic E-state index is 0.103. The maximum atomic E-state index is 12.5. The van der Waals surface area contributed by atoms with Crippen LogP contribution in [0.15, 0.2) is 24.3 Å². The summed E-state index contributed by atoms with van der Waals surface area (Å²) in [7, 11) is 0. The third-order valence-electron chi connectivity index (χ3n) is 5.36. The fourth-order valence-electron chi connectivity index (χ4n) is 3.67. The number of hydrogen-bond acceptors (Lipinski definition) is 6. The molecule has 10 heteroatoms. The predicted octanol–water partition coefficient (Wildman–Crippen LogP) is 0.910. The summed E-state index contributed by atoms with van der Waals surface area (Å²) in [5.41, 5.74) is 5.05. The van der Waals surface area contributed by atoms with Gasteiger partial charge in [-0.2, -0.15) is 0 Å². The van der Waals surface area contributed by atoms with Crippen LogP contribution in [0.4, 0.5) is 10.5 Å². The van der Waals surface area contributed by atoms with Crippen LogP contribution in [-0.2, 0) is 19.1 Å². The van der Waals surface area contributed by atoms with E-state index in [4.69, 9.17) is 10.5 Å². The minimum Gasteiger partial charge on any atom is -0.452 e. The molecular weight excluding hydrogens is 392 g/mol. The van der Waals surface area contributed by atoms with Crippen molar-refractivity contribution in [3.63, 3.8) is 0 Å². The van der Waals surface area contributed by atoms with Crippen LogP contribution in [0.25, 0.3) is 0 Å². The third-order valence-corrected chi connectivity index (χ3v) is 5.36. The van der Waals surface area contributed by atoms with Crippen LogP contribution in [0, 0.1) is 0 Å². The fourth-order valence-corrected chi connectivity index (χ4v) is 3.67. The molecule has 3 rings (SSSR count). The van der Waals surface area contributed by atoms with Gasteiger partial charge >= 0.3 is 12.0 Å². The van der Waals surface area contributed by atoms with Crippen LogP contribution in [0.2, 0.25) is 0 Å². The second-order valence-electron chi connectivity index (χ2n) is 7.49. The van der Waals surface area contributed by atoms with Crippen molar-refractivity contribution >= 4 is 35.4 Å². The molecule has 1 aromatic carbocycles. The lowest BCUT2D eigenvalue weighted by atomic mass is 9.98. The first-order valence-corrected chi connectivity index (χ1v) is 9.76. The molecule has 2 fully saturated rings. The summed E-state index contributed by atoms with van der Waals surface area (Å²) >= 11 is 0. The van der Waals surface area contributed by atoms with Crippen molar-refractivity contribution in [3.05, 3.63) is 29.8 Å². The normalized spacial score (nSPS) is 18.2. The lowest BCUT2D eigenvalue weighted by Gasteiger charge is -2.20. The maximum Gasteiger partial charge on any atom is 0.325 e. The average molecular weight is 416 g/mol. The number of rotatable bonds is 7. The van der Waals surface area contributed by atoms with Crippen molar-refractivity contribution in [2.45, 2.75) is 50.7 Å². The predicted molar refractivity (Wildman–Crippen MR) is 105 cm³/mol. The first kappa shape index (κ1) is 21.3. The van der Waals surface area contributed by atoms with Gasteiger partial charge in [0.25, 0.3) is 11.8 Å². The van der Waals surface area contributed by atoms with E-state index >= 15 is 0 Å². The van der Waals surface area contributed by atoms with Gasteiger partial charge in [0.15, 0.2) is 6.10 Å². The molecule has 1 saturated heterocycles. The molecular formula is C20H24N4O6. The molecule has 0 aromatic heterocycles. The molecule has 1 heterocycles. The zero-order valence-corrected chi connectivity index (χ0v) is 16.6. The van der Waals surface area contributed by atoms with E-state index in [1.807, 2.05) is 0 Å². The Labute approximate surface area is 173 Å². The number of esters is 1. The van der Waals surface area contributed by atoms with E-state index in [0.29, 0.717) is 24.1 Å². The lowest BCUT2D eigenvalue weighted by Crippen LogP contribution is -2.44. The number of nitrogens with one attached hydrogen (secondary N) is 2. The Balaban J connectivity index is 1.47. The molecule has 5 amide bonds. The van der Waals surface area contributed by atoms with Crippen LogP contribution in [0.5, 0.6) is 0 Å². The molecule has 1 saturated carbocycles. The van der Waals surface area contributed by atoms with Gasteiger partial charge in [0.1, 0.15) is 5.54 Å². The quantitative estimate of drug-likeness (QED) is 0.444. The molecule has 2 aliphatic rings. The zero-order valence-electron chi connectivity index (χ0n) is 16.6. The largest absolute Gasteiger partial charge is 0.452 e. The van der Waals surface area contributed by atoms with Gasteiger partial charge < -0.3 is 21.1 Å². The molecule has 1 atom stereocenters. The Morgan fingerprint density at radius 2 is 1.83 bits per heavy atom. The molecule has 1 spiro atoms. The Kier molecular flexibility index (Phi) is 6.04. The van der Waals surface area contributed by atoms with Gasteiger partial charge in [-0.1, -0.05) is 12.8 Å². The van der Waals surface area contributed by atoms with Gasteiger partial charge in [0, 0.05) is 17.8 Å². The topological polar surface area (TPSA) is 148 Å². The van der Waals surface area contributed by atoms with Crippen molar-refractivity contribution < 1.29 is 28.7 Å². The van der Waals surface area contributed by atoms with E-state index < -0.39 is 35.5 Å². The maximum absolute atomic E-state index is 12.5. The van der Waals surface area contributed by atoms with E-state index in [2.05, 4.69) is 10.6 Å². The average Bonchev–Trinajstić information content (AvgIpc) is 3.26. The lowest BCUT2D eigenvalue weighted by molar-refractivity contribution is -0.153. The second-order valence-corrected chi connectivity index (χ2v) is 7.49. The summed E-state index contributed by atoms with van der Waals surface area (Å²) in [6, 6.07) is 5.43. The number of benzene rings is 1. The summed E-state index contributed by atoms with van der Waals surface area (Å²) in [4.78, 5) is 61.0. The monoisotopic (exact) mass is 416 g/mol. The number of nitrogens with zero attached hydrogens (tertiary/aromatic N) is 1. The van der Waals surface area contributed by atoms with Crippen molar-refractivity contribution in [2.75, 3.05) is 11.9 Å². The number of amides is 5. The number of hydrogen-bond donors (Lipinski definition) is 3. The molecule has 0 bridgehead atoms. The van der Waals surface area contributed by atoms with Crippen LogP contribution in [-0.4, -0.2) is 52.8 Å². The Morgan fingerprint density at radius 3 is 2.43 bits per heavy atom. The number of carbonyl (C=O) groups is 5. The van der Waals surface area contributed by atoms with Crippen molar-refractivity contribution in [1.29, 1.82) is 0 Å². The molecule has 1 aliphatic carbocycles. The third kappa shape index (κ3) is 4.42. The minimum atomic E-state index is -1.09. The highest BCUT2D eigenvalue weighted by Gasteiger charge is 2.52. The number of anilines is 1. The SMILES string of the molecule is C[C@H](OC(=O)CCN1C(=O)NC2(CCCC2)C1=O)C(=O)Nc1ccc(C(N)=O)cc1. The van der Waals surface area contributed by atoms with Crippen LogP contribution in [0.3, 0.4) is 0 Å².